The van der Waals surface area contributed by atoms with Gasteiger partial charge in [0.15, 0.2) is 5.82 Å². The van der Waals surface area contributed by atoms with E-state index >= 15 is 0 Å². The molecule has 6 heteroatoms. The lowest BCUT2D eigenvalue weighted by Crippen LogP contribution is -2.28. The van der Waals surface area contributed by atoms with Crippen molar-refractivity contribution < 1.29 is 4.79 Å². The Morgan fingerprint density at radius 3 is 2.80 bits per heavy atom. The number of hydrazine groups is 1. The number of benzene rings is 1. The molecule has 1 fully saturated rings. The van der Waals surface area contributed by atoms with Crippen LogP contribution in [0.15, 0.2) is 42.7 Å². The molecular formula is C14H15N5O. The Hall–Kier alpha value is -2.47. The fourth-order valence-corrected chi connectivity index (χ4v) is 2.21. The smallest absolute Gasteiger partial charge is 0.271 e. The lowest BCUT2D eigenvalue weighted by Gasteiger charge is -2.05. The van der Waals surface area contributed by atoms with Crippen molar-refractivity contribution in [3.63, 3.8) is 0 Å². The molecule has 4 N–H and O–H groups in total. The summed E-state index contributed by atoms with van der Waals surface area (Å²) in [5, 5.41) is 2.96. The van der Waals surface area contributed by atoms with E-state index < -0.39 is 0 Å². The first kappa shape index (κ1) is 12.6. The van der Waals surface area contributed by atoms with Crippen LogP contribution >= 0.6 is 0 Å². The quantitative estimate of drug-likeness (QED) is 0.570. The van der Waals surface area contributed by atoms with E-state index in [0.29, 0.717) is 11.7 Å². The third-order valence-corrected chi connectivity index (χ3v) is 3.35. The highest BCUT2D eigenvalue weighted by molar-refractivity contribution is 5.92. The number of carbonyl (C=O) groups excluding carboxylic acids is 1. The average molecular weight is 269 g/mol. The van der Waals surface area contributed by atoms with E-state index in [9.17, 15) is 4.79 Å². The molecule has 20 heavy (non-hydrogen) atoms. The summed E-state index contributed by atoms with van der Waals surface area (Å²) in [4.78, 5) is 20.0. The molecule has 2 atom stereocenters. The summed E-state index contributed by atoms with van der Waals surface area (Å²) in [5.41, 5.74) is 3.89. The molecule has 0 aliphatic heterocycles. The van der Waals surface area contributed by atoms with Crippen LogP contribution in [-0.4, -0.2) is 21.9 Å². The summed E-state index contributed by atoms with van der Waals surface area (Å²) in [6.07, 6.45) is 3.84. The van der Waals surface area contributed by atoms with Gasteiger partial charge in [0.05, 0.1) is 12.4 Å². The molecule has 1 aromatic heterocycles. The molecule has 0 bridgehead atoms. The molecule has 1 aliphatic rings. The van der Waals surface area contributed by atoms with E-state index in [1.807, 2.05) is 18.2 Å². The highest BCUT2D eigenvalue weighted by atomic mass is 16.2. The fourth-order valence-electron chi connectivity index (χ4n) is 2.21. The van der Waals surface area contributed by atoms with Crippen LogP contribution in [-0.2, 0) is 0 Å². The highest BCUT2D eigenvalue weighted by Crippen LogP contribution is 2.40. The predicted octanol–water partition coefficient (Wildman–Crippen LogP) is 1.05. The van der Waals surface area contributed by atoms with Crippen molar-refractivity contribution >= 4 is 11.7 Å². The van der Waals surface area contributed by atoms with Crippen molar-refractivity contribution in [2.75, 3.05) is 5.43 Å². The molecule has 0 spiro atoms. The van der Waals surface area contributed by atoms with Crippen LogP contribution in [0.2, 0.25) is 0 Å². The van der Waals surface area contributed by atoms with Gasteiger partial charge in [-0.05, 0) is 12.0 Å². The number of aromatic nitrogens is 2. The minimum absolute atomic E-state index is 0.168. The Morgan fingerprint density at radius 2 is 2.05 bits per heavy atom. The van der Waals surface area contributed by atoms with Crippen LogP contribution in [0.1, 0.15) is 28.4 Å². The standard InChI is InChI=1S/C14H15N5O/c15-19-13-8-16-7-12(17-13)14(20)18-11-6-10(11)9-4-2-1-3-5-9/h1-5,7-8,10-11H,6,15H2,(H,17,19)(H,18,20). The van der Waals surface area contributed by atoms with Gasteiger partial charge in [0.25, 0.3) is 5.91 Å². The van der Waals surface area contributed by atoms with Gasteiger partial charge in [-0.1, -0.05) is 30.3 Å². The number of hydrogen-bond donors (Lipinski definition) is 3. The van der Waals surface area contributed by atoms with Crippen LogP contribution in [0.5, 0.6) is 0 Å². The van der Waals surface area contributed by atoms with Crippen molar-refractivity contribution in [2.24, 2.45) is 5.84 Å². The predicted molar refractivity (Wildman–Crippen MR) is 74.9 cm³/mol. The number of nitrogens with one attached hydrogen (secondary N) is 2. The third kappa shape index (κ3) is 2.60. The van der Waals surface area contributed by atoms with Crippen LogP contribution < -0.4 is 16.6 Å². The minimum Gasteiger partial charge on any atom is -0.347 e. The molecule has 1 aromatic carbocycles. The molecule has 6 nitrogen and oxygen atoms in total. The molecule has 3 rings (SSSR count). The van der Waals surface area contributed by atoms with Crippen molar-refractivity contribution in [1.82, 2.24) is 15.3 Å². The van der Waals surface area contributed by atoms with Crippen LogP contribution in [0.25, 0.3) is 0 Å². The normalized spacial score (nSPS) is 20.2. The molecule has 1 saturated carbocycles. The van der Waals surface area contributed by atoms with Crippen molar-refractivity contribution in [3.8, 4) is 0 Å². The van der Waals surface area contributed by atoms with Crippen molar-refractivity contribution in [1.29, 1.82) is 0 Å². The number of nitrogens with zero attached hydrogens (tertiary/aromatic N) is 2. The molecular weight excluding hydrogens is 254 g/mol. The van der Waals surface area contributed by atoms with E-state index in [4.69, 9.17) is 5.84 Å². The van der Waals surface area contributed by atoms with Gasteiger partial charge in [-0.25, -0.2) is 10.8 Å². The number of nitrogen functional groups attached to an aromatic ring is 1. The average Bonchev–Trinajstić information content (AvgIpc) is 3.27. The molecule has 1 amide bonds. The SMILES string of the molecule is NNc1cncc(C(=O)NC2CC2c2ccccc2)n1. The van der Waals surface area contributed by atoms with Gasteiger partial charge in [0.2, 0.25) is 0 Å². The maximum atomic E-state index is 12.1. The Balaban J connectivity index is 1.63. The van der Waals surface area contributed by atoms with E-state index in [2.05, 4.69) is 32.8 Å². The first-order valence-electron chi connectivity index (χ1n) is 6.42. The van der Waals surface area contributed by atoms with Gasteiger partial charge in [-0.2, -0.15) is 0 Å². The summed E-state index contributed by atoms with van der Waals surface area (Å²) in [6.45, 7) is 0. The number of hydrogen-bond acceptors (Lipinski definition) is 5. The lowest BCUT2D eigenvalue weighted by atomic mass is 10.1. The Kier molecular flexibility index (Phi) is 3.30. The molecule has 0 radical (unpaired) electrons. The van der Waals surface area contributed by atoms with Crippen LogP contribution in [0, 0.1) is 0 Å². The summed E-state index contributed by atoms with van der Waals surface area (Å²) < 4.78 is 0. The van der Waals surface area contributed by atoms with E-state index in [1.54, 1.807) is 0 Å². The number of amides is 1. The number of anilines is 1. The molecule has 2 unspecified atom stereocenters. The Bertz CT molecular complexity index is 616. The van der Waals surface area contributed by atoms with E-state index in [-0.39, 0.29) is 17.6 Å². The second-order valence-corrected chi connectivity index (χ2v) is 4.77. The Morgan fingerprint density at radius 1 is 1.25 bits per heavy atom. The zero-order chi connectivity index (χ0) is 13.9. The number of rotatable bonds is 4. The maximum Gasteiger partial charge on any atom is 0.271 e. The second-order valence-electron chi connectivity index (χ2n) is 4.77. The molecule has 0 saturated heterocycles. The second kappa shape index (κ2) is 5.26. The number of carbonyl (C=O) groups is 1. The molecule has 2 aromatic rings. The van der Waals surface area contributed by atoms with Gasteiger partial charge in [-0.15, -0.1) is 0 Å². The topological polar surface area (TPSA) is 92.9 Å². The van der Waals surface area contributed by atoms with Gasteiger partial charge < -0.3 is 10.7 Å². The van der Waals surface area contributed by atoms with Crippen LogP contribution in [0.4, 0.5) is 5.82 Å². The third-order valence-electron chi connectivity index (χ3n) is 3.35. The molecule has 102 valence electrons. The van der Waals surface area contributed by atoms with Gasteiger partial charge in [0, 0.05) is 12.0 Å². The monoisotopic (exact) mass is 269 g/mol. The fraction of sp³-hybridized carbons (Fsp3) is 0.214. The summed E-state index contributed by atoms with van der Waals surface area (Å²) in [7, 11) is 0. The van der Waals surface area contributed by atoms with E-state index in [0.717, 1.165) is 6.42 Å². The Labute approximate surface area is 116 Å². The largest absolute Gasteiger partial charge is 0.347 e. The van der Waals surface area contributed by atoms with Gasteiger partial charge in [0.1, 0.15) is 5.69 Å². The van der Waals surface area contributed by atoms with E-state index in [1.165, 1.54) is 18.0 Å². The zero-order valence-corrected chi connectivity index (χ0v) is 10.8. The zero-order valence-electron chi connectivity index (χ0n) is 10.8. The van der Waals surface area contributed by atoms with Crippen molar-refractivity contribution in [3.05, 3.63) is 54.0 Å². The first-order chi connectivity index (χ1) is 9.78. The van der Waals surface area contributed by atoms with Crippen molar-refractivity contribution in [2.45, 2.75) is 18.4 Å². The van der Waals surface area contributed by atoms with Gasteiger partial charge in [-0.3, -0.25) is 9.78 Å². The van der Waals surface area contributed by atoms with Gasteiger partial charge >= 0.3 is 0 Å². The molecule has 1 heterocycles. The minimum atomic E-state index is -0.224. The summed E-state index contributed by atoms with van der Waals surface area (Å²) in [6, 6.07) is 10.3. The number of nitrogens with two attached hydrogens (primary N) is 1. The highest BCUT2D eigenvalue weighted by Gasteiger charge is 2.39. The summed E-state index contributed by atoms with van der Waals surface area (Å²) >= 11 is 0. The molecule has 1 aliphatic carbocycles. The lowest BCUT2D eigenvalue weighted by molar-refractivity contribution is 0.0945. The van der Waals surface area contributed by atoms with Crippen LogP contribution in [0.3, 0.4) is 0 Å². The summed E-state index contributed by atoms with van der Waals surface area (Å²) in [5.74, 6) is 5.78. The maximum absolute atomic E-state index is 12.1. The first-order valence-corrected chi connectivity index (χ1v) is 6.42.